The Morgan fingerprint density at radius 3 is 2.68 bits per heavy atom. The smallest absolute Gasteiger partial charge is 0.412 e. The fourth-order valence-corrected chi connectivity index (χ4v) is 1.67. The number of nitrogens with one attached hydrogen (secondary N) is 1. The molecule has 1 amide bonds. The van der Waals surface area contributed by atoms with Crippen LogP contribution < -0.4 is 11.1 Å². The minimum atomic E-state index is -0.573. The Kier molecular flexibility index (Phi) is 4.26. The van der Waals surface area contributed by atoms with Crippen LogP contribution in [0.3, 0.4) is 0 Å². The van der Waals surface area contributed by atoms with E-state index in [0.29, 0.717) is 16.4 Å². The van der Waals surface area contributed by atoms with Gasteiger partial charge in [-0.2, -0.15) is 0 Å². The largest absolute Gasteiger partial charge is 0.444 e. The van der Waals surface area contributed by atoms with Crippen LogP contribution in [0, 0.1) is 0 Å². The lowest BCUT2D eigenvalue weighted by molar-refractivity contribution is 0.155. The van der Waals surface area contributed by atoms with Crippen molar-refractivity contribution in [2.45, 2.75) is 6.61 Å². The van der Waals surface area contributed by atoms with Gasteiger partial charge < -0.3 is 10.5 Å². The Morgan fingerprint density at radius 2 is 1.95 bits per heavy atom. The Labute approximate surface area is 116 Å². The third-order valence-electron chi connectivity index (χ3n) is 2.44. The maximum Gasteiger partial charge on any atom is 0.412 e. The highest BCUT2D eigenvalue weighted by Crippen LogP contribution is 2.24. The first kappa shape index (κ1) is 13.2. The number of halogens is 1. The van der Waals surface area contributed by atoms with E-state index < -0.39 is 6.09 Å². The summed E-state index contributed by atoms with van der Waals surface area (Å²) in [5, 5.41) is 2.96. The van der Waals surface area contributed by atoms with Gasteiger partial charge in [-0.25, -0.2) is 4.79 Å². The number of rotatable bonds is 3. The molecule has 0 aliphatic carbocycles. The van der Waals surface area contributed by atoms with Crippen LogP contribution in [0.1, 0.15) is 5.56 Å². The van der Waals surface area contributed by atoms with Gasteiger partial charge in [-0.1, -0.05) is 41.9 Å². The van der Waals surface area contributed by atoms with E-state index in [2.05, 4.69) is 5.32 Å². The molecule has 0 radical (unpaired) electrons. The van der Waals surface area contributed by atoms with E-state index >= 15 is 0 Å². The van der Waals surface area contributed by atoms with Gasteiger partial charge in [0.2, 0.25) is 0 Å². The standard InChI is InChI=1S/C14H13ClN2O2/c15-12-7-6-11(16)8-13(12)17-14(18)19-9-10-4-2-1-3-5-10/h1-8H,9,16H2,(H,17,18). The zero-order chi connectivity index (χ0) is 13.7. The summed E-state index contributed by atoms with van der Waals surface area (Å²) < 4.78 is 5.08. The minimum Gasteiger partial charge on any atom is -0.444 e. The number of nitrogens with two attached hydrogens (primary N) is 1. The third kappa shape index (κ3) is 3.89. The molecule has 19 heavy (non-hydrogen) atoms. The van der Waals surface area contributed by atoms with Crippen molar-refractivity contribution in [3.63, 3.8) is 0 Å². The zero-order valence-corrected chi connectivity index (χ0v) is 10.9. The van der Waals surface area contributed by atoms with Gasteiger partial charge in [0.05, 0.1) is 10.7 Å². The number of carbonyl (C=O) groups is 1. The number of nitrogen functional groups attached to an aromatic ring is 1. The van der Waals surface area contributed by atoms with Crippen molar-refractivity contribution < 1.29 is 9.53 Å². The van der Waals surface area contributed by atoms with Gasteiger partial charge in [0.15, 0.2) is 0 Å². The SMILES string of the molecule is Nc1ccc(Cl)c(NC(=O)OCc2ccccc2)c1. The minimum absolute atomic E-state index is 0.201. The molecule has 0 heterocycles. The number of amides is 1. The van der Waals surface area contributed by atoms with Crippen molar-refractivity contribution in [2.75, 3.05) is 11.1 Å². The predicted molar refractivity (Wildman–Crippen MR) is 76.1 cm³/mol. The van der Waals surface area contributed by atoms with E-state index in [9.17, 15) is 4.79 Å². The lowest BCUT2D eigenvalue weighted by atomic mass is 10.2. The van der Waals surface area contributed by atoms with E-state index in [1.807, 2.05) is 30.3 Å². The van der Waals surface area contributed by atoms with Gasteiger partial charge in [-0.3, -0.25) is 5.32 Å². The quantitative estimate of drug-likeness (QED) is 0.841. The van der Waals surface area contributed by atoms with Crippen LogP contribution in [0.4, 0.5) is 16.2 Å². The molecule has 0 bridgehead atoms. The highest BCUT2D eigenvalue weighted by Gasteiger charge is 2.07. The summed E-state index contributed by atoms with van der Waals surface area (Å²) in [5.41, 5.74) is 7.48. The van der Waals surface area contributed by atoms with Crippen LogP contribution in [0.5, 0.6) is 0 Å². The third-order valence-corrected chi connectivity index (χ3v) is 2.77. The summed E-state index contributed by atoms with van der Waals surface area (Å²) in [6, 6.07) is 14.3. The number of benzene rings is 2. The Morgan fingerprint density at radius 1 is 1.21 bits per heavy atom. The normalized spacial score (nSPS) is 9.95. The van der Waals surface area contributed by atoms with Crippen LogP contribution in [0.25, 0.3) is 0 Å². The second-order valence-corrected chi connectivity index (χ2v) is 4.33. The molecule has 0 saturated carbocycles. The summed E-state index contributed by atoms with van der Waals surface area (Å²) in [7, 11) is 0. The molecule has 98 valence electrons. The fraction of sp³-hybridized carbons (Fsp3) is 0.0714. The molecule has 2 aromatic rings. The monoisotopic (exact) mass is 276 g/mol. The second-order valence-electron chi connectivity index (χ2n) is 3.93. The van der Waals surface area contributed by atoms with Crippen LogP contribution in [-0.2, 0) is 11.3 Å². The van der Waals surface area contributed by atoms with Crippen LogP contribution >= 0.6 is 11.6 Å². The number of ether oxygens (including phenoxy) is 1. The average molecular weight is 277 g/mol. The predicted octanol–water partition coefficient (Wildman–Crippen LogP) is 3.67. The molecule has 0 fully saturated rings. The summed E-state index contributed by atoms with van der Waals surface area (Å²) in [6.07, 6.45) is -0.573. The summed E-state index contributed by atoms with van der Waals surface area (Å²) >= 11 is 5.93. The lowest BCUT2D eigenvalue weighted by Crippen LogP contribution is -2.14. The van der Waals surface area contributed by atoms with Crippen molar-refractivity contribution in [1.29, 1.82) is 0 Å². The van der Waals surface area contributed by atoms with E-state index in [0.717, 1.165) is 5.56 Å². The number of carbonyl (C=O) groups excluding carboxylic acids is 1. The molecule has 0 atom stereocenters. The van der Waals surface area contributed by atoms with E-state index in [1.165, 1.54) is 0 Å². The Hall–Kier alpha value is -2.20. The number of hydrogen-bond acceptors (Lipinski definition) is 3. The summed E-state index contributed by atoms with van der Waals surface area (Å²) in [5.74, 6) is 0. The first-order valence-electron chi connectivity index (χ1n) is 5.68. The molecule has 4 nitrogen and oxygen atoms in total. The maximum absolute atomic E-state index is 11.6. The van der Waals surface area contributed by atoms with Crippen LogP contribution in [-0.4, -0.2) is 6.09 Å². The van der Waals surface area contributed by atoms with Crippen molar-refractivity contribution in [2.24, 2.45) is 0 Å². The molecular formula is C14H13ClN2O2. The van der Waals surface area contributed by atoms with Gasteiger partial charge in [0.1, 0.15) is 6.61 Å². The molecule has 3 N–H and O–H groups in total. The van der Waals surface area contributed by atoms with E-state index in [4.69, 9.17) is 22.1 Å². The molecular weight excluding hydrogens is 264 g/mol. The number of hydrogen-bond donors (Lipinski definition) is 2. The molecule has 2 aromatic carbocycles. The van der Waals surface area contributed by atoms with Crippen LogP contribution in [0.2, 0.25) is 5.02 Å². The Balaban J connectivity index is 1.93. The maximum atomic E-state index is 11.6. The molecule has 2 rings (SSSR count). The van der Waals surface area contributed by atoms with Gasteiger partial charge in [-0.15, -0.1) is 0 Å². The molecule has 0 aromatic heterocycles. The van der Waals surface area contributed by atoms with Gasteiger partial charge in [-0.05, 0) is 23.8 Å². The van der Waals surface area contributed by atoms with Crippen molar-refractivity contribution >= 4 is 29.1 Å². The van der Waals surface area contributed by atoms with Gasteiger partial charge in [0, 0.05) is 5.69 Å². The van der Waals surface area contributed by atoms with Gasteiger partial charge in [0.25, 0.3) is 0 Å². The van der Waals surface area contributed by atoms with Crippen molar-refractivity contribution in [3.05, 3.63) is 59.1 Å². The summed E-state index contributed by atoms with van der Waals surface area (Å²) in [6.45, 7) is 0.201. The highest BCUT2D eigenvalue weighted by atomic mass is 35.5. The second kappa shape index (κ2) is 6.11. The summed E-state index contributed by atoms with van der Waals surface area (Å²) in [4.78, 5) is 11.6. The average Bonchev–Trinajstić information content (AvgIpc) is 2.42. The molecule has 0 aliphatic heterocycles. The molecule has 5 heteroatoms. The van der Waals surface area contributed by atoms with Gasteiger partial charge >= 0.3 is 6.09 Å². The lowest BCUT2D eigenvalue weighted by Gasteiger charge is -2.09. The molecule has 0 spiro atoms. The molecule has 0 aliphatic rings. The topological polar surface area (TPSA) is 64.3 Å². The van der Waals surface area contributed by atoms with Crippen molar-refractivity contribution in [3.8, 4) is 0 Å². The first-order chi connectivity index (χ1) is 9.15. The zero-order valence-electron chi connectivity index (χ0n) is 10.1. The highest BCUT2D eigenvalue weighted by molar-refractivity contribution is 6.33. The van der Waals surface area contributed by atoms with Crippen LogP contribution in [0.15, 0.2) is 48.5 Å². The first-order valence-corrected chi connectivity index (χ1v) is 6.05. The Bertz CT molecular complexity index is 573. The molecule has 0 unspecified atom stereocenters. The fourth-order valence-electron chi connectivity index (χ4n) is 1.51. The van der Waals surface area contributed by atoms with E-state index in [1.54, 1.807) is 18.2 Å². The van der Waals surface area contributed by atoms with Crippen molar-refractivity contribution in [1.82, 2.24) is 0 Å². The number of anilines is 2. The molecule has 0 saturated heterocycles. The van der Waals surface area contributed by atoms with E-state index in [-0.39, 0.29) is 6.61 Å².